The molecule has 0 bridgehead atoms. The van der Waals surface area contributed by atoms with E-state index in [-0.39, 0.29) is 6.04 Å². The van der Waals surface area contributed by atoms with Gasteiger partial charge in [-0.3, -0.25) is 0 Å². The van der Waals surface area contributed by atoms with Crippen LogP contribution in [0.1, 0.15) is 27.2 Å². The van der Waals surface area contributed by atoms with Crippen LogP contribution in [0.2, 0.25) is 5.02 Å². The summed E-state index contributed by atoms with van der Waals surface area (Å²) in [5, 5.41) is 6.67. The molecule has 0 aromatic heterocycles. The summed E-state index contributed by atoms with van der Waals surface area (Å²) in [6.07, 6.45) is 0.131. The van der Waals surface area contributed by atoms with Crippen molar-refractivity contribution < 1.29 is 9.53 Å². The molecule has 4 nitrogen and oxygen atoms in total. The van der Waals surface area contributed by atoms with E-state index in [0.29, 0.717) is 18.0 Å². The third kappa shape index (κ3) is 6.66. The molecule has 1 atom stereocenters. The molecule has 0 fully saturated rings. The third-order valence-electron chi connectivity index (χ3n) is 2.45. The van der Waals surface area contributed by atoms with E-state index in [1.807, 2.05) is 45.0 Å². The summed E-state index contributed by atoms with van der Waals surface area (Å²) < 4.78 is 5.21. The lowest BCUT2D eigenvalue weighted by molar-refractivity contribution is 0.0507. The Morgan fingerprint density at radius 3 is 2.70 bits per heavy atom. The first kappa shape index (κ1) is 16.6. The van der Waals surface area contributed by atoms with Crippen LogP contribution in [-0.2, 0) is 4.74 Å². The highest BCUT2D eigenvalue weighted by Crippen LogP contribution is 2.15. The van der Waals surface area contributed by atoms with E-state index in [1.165, 1.54) is 0 Å². The Bertz CT molecular complexity index is 444. The minimum atomic E-state index is -0.504. The van der Waals surface area contributed by atoms with E-state index < -0.39 is 11.7 Å². The van der Waals surface area contributed by atoms with Crippen LogP contribution in [0, 0.1) is 6.92 Å². The molecule has 2 N–H and O–H groups in total. The van der Waals surface area contributed by atoms with Crippen molar-refractivity contribution in [2.75, 3.05) is 11.9 Å². The first-order chi connectivity index (χ1) is 9.30. The second kappa shape index (κ2) is 7.39. The number of carbonyl (C=O) groups excluding carboxylic acids is 1. The van der Waals surface area contributed by atoms with E-state index in [4.69, 9.17) is 16.3 Å². The molecule has 1 aromatic carbocycles. The predicted molar refractivity (Wildman–Crippen MR) is 83.1 cm³/mol. The van der Waals surface area contributed by atoms with Gasteiger partial charge in [-0.15, -0.1) is 0 Å². The van der Waals surface area contributed by atoms with Crippen LogP contribution < -0.4 is 10.6 Å². The number of amides is 1. The minimum Gasteiger partial charge on any atom is -0.444 e. The second-order valence-electron chi connectivity index (χ2n) is 5.52. The highest BCUT2D eigenvalue weighted by Gasteiger charge is 2.18. The Balaban J connectivity index is 2.45. The molecule has 5 heteroatoms. The maximum Gasteiger partial charge on any atom is 0.407 e. The topological polar surface area (TPSA) is 50.4 Å². The Morgan fingerprint density at radius 2 is 2.15 bits per heavy atom. The molecule has 0 spiro atoms. The summed E-state index contributed by atoms with van der Waals surface area (Å²) in [5.41, 5.74) is 0.401. The van der Waals surface area contributed by atoms with Crippen LogP contribution >= 0.6 is 11.6 Å². The molecule has 0 aliphatic carbocycles. The molecular weight excluding hydrogens is 276 g/mol. The van der Waals surface area contributed by atoms with Crippen molar-refractivity contribution in [1.82, 2.24) is 5.32 Å². The van der Waals surface area contributed by atoms with Crippen molar-refractivity contribution in [3.8, 4) is 0 Å². The lowest BCUT2D eigenvalue weighted by Crippen LogP contribution is -2.42. The maximum atomic E-state index is 11.7. The van der Waals surface area contributed by atoms with E-state index in [2.05, 4.69) is 17.6 Å². The molecule has 111 valence electrons. The lowest BCUT2D eigenvalue weighted by Gasteiger charge is -2.23. The summed E-state index contributed by atoms with van der Waals surface area (Å²) in [6, 6.07) is 7.31. The number of anilines is 1. The third-order valence-corrected chi connectivity index (χ3v) is 2.68. The highest BCUT2D eigenvalue weighted by molar-refractivity contribution is 6.30. The van der Waals surface area contributed by atoms with Gasteiger partial charge >= 0.3 is 6.09 Å². The molecule has 1 aromatic rings. The van der Waals surface area contributed by atoms with Gasteiger partial charge in [0.05, 0.1) is 0 Å². The van der Waals surface area contributed by atoms with Gasteiger partial charge in [0.25, 0.3) is 0 Å². The van der Waals surface area contributed by atoms with Crippen LogP contribution in [0.25, 0.3) is 0 Å². The van der Waals surface area contributed by atoms with Crippen LogP contribution in [0.15, 0.2) is 24.3 Å². The summed E-state index contributed by atoms with van der Waals surface area (Å²) in [5.74, 6) is 0. The van der Waals surface area contributed by atoms with Gasteiger partial charge in [-0.2, -0.15) is 0 Å². The number of halogens is 1. The van der Waals surface area contributed by atoms with Crippen molar-refractivity contribution in [3.63, 3.8) is 0 Å². The summed E-state index contributed by atoms with van der Waals surface area (Å²) in [7, 11) is 0. The fraction of sp³-hybridized carbons (Fsp3) is 0.467. The van der Waals surface area contributed by atoms with E-state index in [0.717, 1.165) is 5.69 Å². The number of carbonyl (C=O) groups is 1. The zero-order chi connectivity index (χ0) is 15.2. The monoisotopic (exact) mass is 297 g/mol. The van der Waals surface area contributed by atoms with Gasteiger partial charge in [0.15, 0.2) is 0 Å². The number of benzene rings is 1. The van der Waals surface area contributed by atoms with Crippen molar-refractivity contribution in [2.24, 2.45) is 0 Å². The van der Waals surface area contributed by atoms with Gasteiger partial charge in [0.1, 0.15) is 5.60 Å². The first-order valence-corrected chi connectivity index (χ1v) is 6.96. The van der Waals surface area contributed by atoms with Crippen LogP contribution in [0.5, 0.6) is 0 Å². The average Bonchev–Trinajstić information content (AvgIpc) is 2.32. The van der Waals surface area contributed by atoms with Crippen molar-refractivity contribution in [2.45, 2.75) is 38.8 Å². The minimum absolute atomic E-state index is 0.108. The van der Waals surface area contributed by atoms with Crippen LogP contribution in [0.3, 0.4) is 0 Å². The SMILES string of the molecule is [CH2]CC(CNc1cccc(Cl)c1)NC(=O)OC(C)(C)C. The van der Waals surface area contributed by atoms with Crippen LogP contribution in [0.4, 0.5) is 10.5 Å². The van der Waals surface area contributed by atoms with Gasteiger partial charge in [-0.05, 0) is 45.4 Å². The summed E-state index contributed by atoms with van der Waals surface area (Å²) >= 11 is 5.91. The van der Waals surface area contributed by atoms with Gasteiger partial charge in [0.2, 0.25) is 0 Å². The second-order valence-corrected chi connectivity index (χ2v) is 5.96. The van der Waals surface area contributed by atoms with Gasteiger partial charge in [-0.1, -0.05) is 24.6 Å². The standard InChI is InChI=1S/C15H22ClN2O2/c1-5-12(18-14(19)20-15(2,3)4)10-17-13-8-6-7-11(16)9-13/h6-9,12,17H,1,5,10H2,2-4H3,(H,18,19). The molecular formula is C15H22ClN2O2. The molecule has 0 saturated carbocycles. The normalized spacial score (nSPS) is 12.7. The zero-order valence-electron chi connectivity index (χ0n) is 12.2. The molecule has 0 heterocycles. The van der Waals surface area contributed by atoms with Crippen LogP contribution in [-0.4, -0.2) is 24.3 Å². The van der Waals surface area contributed by atoms with Gasteiger partial charge in [-0.25, -0.2) is 4.79 Å². The molecule has 0 aliphatic heterocycles. The van der Waals surface area contributed by atoms with E-state index in [9.17, 15) is 4.79 Å². The van der Waals surface area contributed by atoms with Crippen molar-refractivity contribution in [3.05, 3.63) is 36.2 Å². The zero-order valence-corrected chi connectivity index (χ0v) is 13.0. The summed E-state index contributed by atoms with van der Waals surface area (Å²) in [4.78, 5) is 11.7. The van der Waals surface area contributed by atoms with Crippen molar-refractivity contribution >= 4 is 23.4 Å². The molecule has 0 aliphatic rings. The van der Waals surface area contributed by atoms with E-state index in [1.54, 1.807) is 0 Å². The Kier molecular flexibility index (Phi) is 6.14. The Labute approximate surface area is 125 Å². The fourth-order valence-corrected chi connectivity index (χ4v) is 1.73. The molecule has 1 amide bonds. The molecule has 1 rings (SSSR count). The lowest BCUT2D eigenvalue weighted by atomic mass is 10.2. The quantitative estimate of drug-likeness (QED) is 0.867. The number of hydrogen-bond donors (Lipinski definition) is 2. The number of nitrogens with one attached hydrogen (secondary N) is 2. The first-order valence-electron chi connectivity index (χ1n) is 6.58. The Morgan fingerprint density at radius 1 is 1.45 bits per heavy atom. The van der Waals surface area contributed by atoms with Gasteiger partial charge in [0, 0.05) is 23.3 Å². The maximum absolute atomic E-state index is 11.7. The largest absolute Gasteiger partial charge is 0.444 e. The number of alkyl carbamates (subject to hydrolysis) is 1. The fourth-order valence-electron chi connectivity index (χ4n) is 1.54. The molecule has 1 unspecified atom stereocenters. The van der Waals surface area contributed by atoms with Crippen molar-refractivity contribution in [1.29, 1.82) is 0 Å². The molecule has 0 saturated heterocycles. The number of ether oxygens (including phenoxy) is 1. The number of hydrogen-bond acceptors (Lipinski definition) is 3. The smallest absolute Gasteiger partial charge is 0.407 e. The average molecular weight is 298 g/mol. The molecule has 1 radical (unpaired) electrons. The predicted octanol–water partition coefficient (Wildman–Crippen LogP) is 3.87. The molecule has 20 heavy (non-hydrogen) atoms. The van der Waals surface area contributed by atoms with E-state index >= 15 is 0 Å². The highest BCUT2D eigenvalue weighted by atomic mass is 35.5. The number of rotatable bonds is 5. The van der Waals surface area contributed by atoms with Gasteiger partial charge < -0.3 is 15.4 Å². The summed E-state index contributed by atoms with van der Waals surface area (Å²) in [6.45, 7) is 9.88. The Hall–Kier alpha value is -1.42.